The van der Waals surface area contributed by atoms with Crippen LogP contribution in [0.4, 0.5) is 0 Å². The highest BCUT2D eigenvalue weighted by Gasteiger charge is 2.32. The van der Waals surface area contributed by atoms with Crippen molar-refractivity contribution in [2.75, 3.05) is 32.7 Å². The average Bonchev–Trinajstić information content (AvgIpc) is 2.86. The summed E-state index contributed by atoms with van der Waals surface area (Å²) in [6, 6.07) is 1.48. The van der Waals surface area contributed by atoms with Gasteiger partial charge in [-0.15, -0.1) is 0 Å². The van der Waals surface area contributed by atoms with Crippen molar-refractivity contribution in [3.8, 4) is 0 Å². The van der Waals surface area contributed by atoms with E-state index in [1.807, 2.05) is 0 Å². The van der Waals surface area contributed by atoms with Crippen molar-refractivity contribution < 1.29 is 0 Å². The number of nitrogens with two attached hydrogens (primary N) is 1. The van der Waals surface area contributed by atoms with Gasteiger partial charge in [0.15, 0.2) is 0 Å². The fraction of sp³-hybridized carbons (Fsp3) is 1.00. The quantitative estimate of drug-likeness (QED) is 0.705. The summed E-state index contributed by atoms with van der Waals surface area (Å²) in [7, 11) is 0. The molecule has 2 atom stereocenters. The molecule has 0 saturated carbocycles. The van der Waals surface area contributed by atoms with Crippen LogP contribution in [0.3, 0.4) is 0 Å². The highest BCUT2D eigenvalue weighted by atomic mass is 15.3. The number of hydrogen-bond donors (Lipinski definition) is 1. The van der Waals surface area contributed by atoms with Crippen LogP contribution in [0.2, 0.25) is 0 Å². The maximum atomic E-state index is 6.00. The lowest BCUT2D eigenvalue weighted by molar-refractivity contribution is 0.0700. The van der Waals surface area contributed by atoms with Crippen LogP contribution in [-0.2, 0) is 0 Å². The van der Waals surface area contributed by atoms with Gasteiger partial charge >= 0.3 is 0 Å². The number of unbranched alkanes of at least 4 members (excludes halogenated alkanes) is 3. The van der Waals surface area contributed by atoms with E-state index in [9.17, 15) is 0 Å². The van der Waals surface area contributed by atoms with Crippen LogP contribution in [0.15, 0.2) is 0 Å². The summed E-state index contributed by atoms with van der Waals surface area (Å²) >= 11 is 0. The number of fused-ring (bicyclic) bond motifs is 1. The highest BCUT2D eigenvalue weighted by molar-refractivity contribution is 4.89. The molecule has 0 spiro atoms. The van der Waals surface area contributed by atoms with Gasteiger partial charge in [0, 0.05) is 38.3 Å². The van der Waals surface area contributed by atoms with Crippen LogP contribution in [0.1, 0.15) is 51.9 Å². The Morgan fingerprint density at radius 1 is 1.17 bits per heavy atom. The Labute approximate surface area is 113 Å². The van der Waals surface area contributed by atoms with Gasteiger partial charge in [-0.05, 0) is 25.8 Å². The van der Waals surface area contributed by atoms with Gasteiger partial charge in [-0.1, -0.05) is 32.6 Å². The van der Waals surface area contributed by atoms with Gasteiger partial charge in [0.1, 0.15) is 0 Å². The third-order valence-electron chi connectivity index (χ3n) is 4.80. The third-order valence-corrected chi connectivity index (χ3v) is 4.80. The lowest BCUT2D eigenvalue weighted by Crippen LogP contribution is -2.55. The Kier molecular flexibility index (Phi) is 5.93. The van der Waals surface area contributed by atoms with Crippen molar-refractivity contribution >= 4 is 0 Å². The summed E-state index contributed by atoms with van der Waals surface area (Å²) in [5.41, 5.74) is 6.00. The van der Waals surface area contributed by atoms with Gasteiger partial charge in [0.05, 0.1) is 0 Å². The van der Waals surface area contributed by atoms with E-state index in [-0.39, 0.29) is 0 Å². The summed E-state index contributed by atoms with van der Waals surface area (Å²) in [4.78, 5) is 5.36. The molecule has 2 heterocycles. The van der Waals surface area contributed by atoms with E-state index in [4.69, 9.17) is 5.73 Å². The third kappa shape index (κ3) is 3.69. The molecule has 0 aliphatic carbocycles. The van der Waals surface area contributed by atoms with Crippen LogP contribution in [-0.4, -0.2) is 54.6 Å². The van der Waals surface area contributed by atoms with Gasteiger partial charge in [-0.25, -0.2) is 0 Å². The lowest BCUT2D eigenvalue weighted by atomic mass is 10.0. The summed E-state index contributed by atoms with van der Waals surface area (Å²) in [6.45, 7) is 8.25. The second-order valence-electron chi connectivity index (χ2n) is 6.07. The first-order valence-electron chi connectivity index (χ1n) is 8.03. The molecule has 0 bridgehead atoms. The van der Waals surface area contributed by atoms with Gasteiger partial charge in [-0.3, -0.25) is 9.80 Å². The maximum Gasteiger partial charge on any atom is 0.0224 e. The number of nitrogens with zero attached hydrogens (tertiary/aromatic N) is 2. The normalized spacial score (nSPS) is 27.3. The molecule has 2 fully saturated rings. The predicted octanol–water partition coefficient (Wildman–Crippen LogP) is 2.06. The van der Waals surface area contributed by atoms with Crippen molar-refractivity contribution in [2.24, 2.45) is 5.73 Å². The van der Waals surface area contributed by atoms with Crippen molar-refractivity contribution in [3.05, 3.63) is 0 Å². The molecular weight excluding hydrogens is 222 g/mol. The zero-order chi connectivity index (χ0) is 12.8. The Morgan fingerprint density at radius 3 is 2.83 bits per heavy atom. The first-order chi connectivity index (χ1) is 8.85. The van der Waals surface area contributed by atoms with Crippen molar-refractivity contribution in [1.82, 2.24) is 9.80 Å². The van der Waals surface area contributed by atoms with E-state index in [1.54, 1.807) is 0 Å². The largest absolute Gasteiger partial charge is 0.329 e. The molecule has 0 amide bonds. The summed E-state index contributed by atoms with van der Waals surface area (Å²) in [5.74, 6) is 0. The van der Waals surface area contributed by atoms with E-state index in [0.29, 0.717) is 6.04 Å². The molecule has 2 saturated heterocycles. The predicted molar refractivity (Wildman–Crippen MR) is 77.8 cm³/mol. The van der Waals surface area contributed by atoms with Crippen LogP contribution in [0.25, 0.3) is 0 Å². The fourth-order valence-corrected chi connectivity index (χ4v) is 3.60. The molecule has 0 aromatic rings. The topological polar surface area (TPSA) is 32.5 Å². The van der Waals surface area contributed by atoms with Crippen molar-refractivity contribution in [3.63, 3.8) is 0 Å². The maximum absolute atomic E-state index is 6.00. The van der Waals surface area contributed by atoms with E-state index < -0.39 is 0 Å². The Hall–Kier alpha value is -0.120. The standard InChI is InChI=1S/C15H31N3/c1-2-3-4-5-7-14(12-16)18-11-10-17-9-6-8-15(17)13-18/h14-15H,2-13,16H2,1H3. The number of rotatable bonds is 7. The SMILES string of the molecule is CCCCCCC(CN)N1CCN2CCCC2C1. The monoisotopic (exact) mass is 253 g/mol. The molecule has 0 radical (unpaired) electrons. The van der Waals surface area contributed by atoms with Crippen LogP contribution in [0, 0.1) is 0 Å². The van der Waals surface area contributed by atoms with Crippen LogP contribution >= 0.6 is 0 Å². The lowest BCUT2D eigenvalue weighted by Gasteiger charge is -2.41. The van der Waals surface area contributed by atoms with Crippen LogP contribution < -0.4 is 5.73 Å². The summed E-state index contributed by atoms with van der Waals surface area (Å²) in [5, 5.41) is 0. The highest BCUT2D eigenvalue weighted by Crippen LogP contribution is 2.23. The van der Waals surface area contributed by atoms with Gasteiger partial charge in [0.25, 0.3) is 0 Å². The minimum atomic E-state index is 0.643. The first kappa shape index (κ1) is 14.3. The molecule has 2 aliphatic heterocycles. The molecule has 106 valence electrons. The fourth-order valence-electron chi connectivity index (χ4n) is 3.60. The first-order valence-corrected chi connectivity index (χ1v) is 8.03. The summed E-state index contributed by atoms with van der Waals surface area (Å²) < 4.78 is 0. The molecule has 18 heavy (non-hydrogen) atoms. The smallest absolute Gasteiger partial charge is 0.0224 e. The molecule has 3 heteroatoms. The molecule has 2 aliphatic rings. The van der Waals surface area contributed by atoms with Gasteiger partial charge < -0.3 is 5.73 Å². The van der Waals surface area contributed by atoms with E-state index in [1.165, 1.54) is 71.1 Å². The Balaban J connectivity index is 1.73. The van der Waals surface area contributed by atoms with Crippen molar-refractivity contribution in [1.29, 1.82) is 0 Å². The molecule has 3 nitrogen and oxygen atoms in total. The Bertz CT molecular complexity index is 232. The molecule has 0 aromatic heterocycles. The second kappa shape index (κ2) is 7.46. The Morgan fingerprint density at radius 2 is 2.06 bits per heavy atom. The van der Waals surface area contributed by atoms with Gasteiger partial charge in [0.2, 0.25) is 0 Å². The average molecular weight is 253 g/mol. The second-order valence-corrected chi connectivity index (χ2v) is 6.07. The van der Waals surface area contributed by atoms with E-state index in [0.717, 1.165) is 12.6 Å². The molecular formula is C15H31N3. The minimum Gasteiger partial charge on any atom is -0.329 e. The van der Waals surface area contributed by atoms with E-state index in [2.05, 4.69) is 16.7 Å². The molecule has 0 aromatic carbocycles. The summed E-state index contributed by atoms with van der Waals surface area (Å²) in [6.07, 6.45) is 9.58. The minimum absolute atomic E-state index is 0.643. The zero-order valence-electron chi connectivity index (χ0n) is 12.1. The van der Waals surface area contributed by atoms with E-state index >= 15 is 0 Å². The number of hydrogen-bond acceptors (Lipinski definition) is 3. The number of piperazine rings is 1. The van der Waals surface area contributed by atoms with Crippen LogP contribution in [0.5, 0.6) is 0 Å². The van der Waals surface area contributed by atoms with Crippen molar-refractivity contribution in [2.45, 2.75) is 64.0 Å². The zero-order valence-corrected chi connectivity index (χ0v) is 12.1. The molecule has 2 rings (SSSR count). The van der Waals surface area contributed by atoms with Gasteiger partial charge in [-0.2, -0.15) is 0 Å². The molecule has 2 unspecified atom stereocenters. The molecule has 2 N–H and O–H groups in total.